The molecule has 24 heavy (non-hydrogen) atoms. The number of aromatic nitrogens is 3. The van der Waals surface area contributed by atoms with Gasteiger partial charge in [0, 0.05) is 18.6 Å². The highest BCUT2D eigenvalue weighted by atomic mass is 32.2. The first-order valence-corrected chi connectivity index (χ1v) is 8.56. The number of nitrogens with one attached hydrogen (secondary N) is 1. The first-order chi connectivity index (χ1) is 11.6. The van der Waals surface area contributed by atoms with Crippen molar-refractivity contribution in [1.82, 2.24) is 14.5 Å². The molecule has 1 N–H and O–H groups in total. The number of thioether (sulfide) groups is 1. The highest BCUT2D eigenvalue weighted by Crippen LogP contribution is 2.24. The van der Waals surface area contributed by atoms with Crippen molar-refractivity contribution in [3.8, 4) is 5.69 Å². The summed E-state index contributed by atoms with van der Waals surface area (Å²) in [5.41, 5.74) is 4.22. The van der Waals surface area contributed by atoms with Crippen LogP contribution in [0.25, 0.3) is 5.69 Å². The molecule has 1 amide bonds. The number of imidazole rings is 1. The van der Waals surface area contributed by atoms with Crippen LogP contribution < -0.4 is 5.32 Å². The summed E-state index contributed by atoms with van der Waals surface area (Å²) in [7, 11) is 0. The number of nitrogens with zero attached hydrogens (tertiary/aromatic N) is 3. The number of hydrogen-bond donors (Lipinski definition) is 1. The van der Waals surface area contributed by atoms with Gasteiger partial charge < -0.3 is 5.32 Å². The summed E-state index contributed by atoms with van der Waals surface area (Å²) in [6.45, 7) is 4.18. The van der Waals surface area contributed by atoms with Gasteiger partial charge in [0.1, 0.15) is 0 Å². The molecule has 0 atom stereocenters. The maximum Gasteiger partial charge on any atom is 0.234 e. The molecule has 0 spiro atoms. The fraction of sp³-hybridized carbons (Fsp3) is 0.167. The molecule has 0 fully saturated rings. The molecule has 2 aromatic heterocycles. The fourth-order valence-electron chi connectivity index (χ4n) is 2.34. The van der Waals surface area contributed by atoms with E-state index in [-0.39, 0.29) is 11.7 Å². The van der Waals surface area contributed by atoms with Crippen LogP contribution in [0.5, 0.6) is 0 Å². The zero-order chi connectivity index (χ0) is 16.9. The smallest absolute Gasteiger partial charge is 0.234 e. The van der Waals surface area contributed by atoms with E-state index < -0.39 is 0 Å². The van der Waals surface area contributed by atoms with Crippen LogP contribution in [0.2, 0.25) is 0 Å². The summed E-state index contributed by atoms with van der Waals surface area (Å²) in [4.78, 5) is 20.4. The predicted octanol–water partition coefficient (Wildman–Crippen LogP) is 3.61. The Morgan fingerprint density at radius 1 is 1.21 bits per heavy atom. The van der Waals surface area contributed by atoms with Gasteiger partial charge in [0.2, 0.25) is 5.91 Å². The number of amides is 1. The molecule has 0 unspecified atom stereocenters. The molecule has 0 saturated heterocycles. The van der Waals surface area contributed by atoms with Crippen LogP contribution in [0.15, 0.2) is 60.3 Å². The topological polar surface area (TPSA) is 59.8 Å². The second kappa shape index (κ2) is 7.31. The molecule has 0 aliphatic carbocycles. The summed E-state index contributed by atoms with van der Waals surface area (Å²) in [6, 6.07) is 9.78. The van der Waals surface area contributed by atoms with Crippen molar-refractivity contribution in [2.75, 3.05) is 11.1 Å². The minimum absolute atomic E-state index is 0.0801. The zero-order valence-electron chi connectivity index (χ0n) is 13.6. The fourth-order valence-corrected chi connectivity index (χ4v) is 3.11. The van der Waals surface area contributed by atoms with Crippen LogP contribution in [-0.4, -0.2) is 26.2 Å². The predicted molar refractivity (Wildman–Crippen MR) is 96.6 cm³/mol. The molecule has 0 bridgehead atoms. The zero-order valence-corrected chi connectivity index (χ0v) is 14.4. The minimum atomic E-state index is -0.0801. The van der Waals surface area contributed by atoms with E-state index >= 15 is 0 Å². The van der Waals surface area contributed by atoms with Crippen molar-refractivity contribution in [2.45, 2.75) is 19.0 Å². The third-order valence-corrected chi connectivity index (χ3v) is 4.69. The van der Waals surface area contributed by atoms with Crippen LogP contribution in [0.1, 0.15) is 11.1 Å². The molecule has 5 nitrogen and oxygen atoms in total. The van der Waals surface area contributed by atoms with Gasteiger partial charge in [-0.25, -0.2) is 4.98 Å². The number of rotatable bonds is 5. The summed E-state index contributed by atoms with van der Waals surface area (Å²) < 4.78 is 2.02. The first kappa shape index (κ1) is 16.3. The first-order valence-electron chi connectivity index (χ1n) is 7.58. The Hall–Kier alpha value is -2.60. The maximum atomic E-state index is 12.1. The number of aryl methyl sites for hydroxylation is 1. The molecule has 0 saturated carbocycles. The second-order valence-corrected chi connectivity index (χ2v) is 6.32. The van der Waals surface area contributed by atoms with E-state index in [0.717, 1.165) is 10.8 Å². The van der Waals surface area contributed by atoms with E-state index in [1.807, 2.05) is 22.9 Å². The molecule has 1 aromatic carbocycles. The highest BCUT2D eigenvalue weighted by Gasteiger charge is 2.11. The largest absolute Gasteiger partial charge is 0.324 e. The van der Waals surface area contributed by atoms with Crippen molar-refractivity contribution in [2.24, 2.45) is 0 Å². The lowest BCUT2D eigenvalue weighted by Crippen LogP contribution is -2.14. The van der Waals surface area contributed by atoms with E-state index in [1.165, 1.54) is 22.9 Å². The molecule has 3 rings (SSSR count). The van der Waals surface area contributed by atoms with E-state index in [2.05, 4.69) is 41.3 Å². The number of carbonyl (C=O) groups is 1. The number of anilines is 1. The van der Waals surface area contributed by atoms with Crippen molar-refractivity contribution in [1.29, 1.82) is 0 Å². The average Bonchev–Trinajstić information content (AvgIpc) is 3.05. The van der Waals surface area contributed by atoms with Gasteiger partial charge in [-0.15, -0.1) is 0 Å². The third kappa shape index (κ3) is 3.65. The van der Waals surface area contributed by atoms with Gasteiger partial charge in [-0.3, -0.25) is 14.3 Å². The summed E-state index contributed by atoms with van der Waals surface area (Å²) >= 11 is 1.41. The van der Waals surface area contributed by atoms with E-state index in [9.17, 15) is 4.79 Å². The molecule has 122 valence electrons. The second-order valence-electron chi connectivity index (χ2n) is 5.38. The molecule has 0 aliphatic heterocycles. The van der Waals surface area contributed by atoms with Crippen molar-refractivity contribution >= 4 is 23.4 Å². The number of pyridine rings is 1. The molecule has 6 heteroatoms. The Kier molecular flexibility index (Phi) is 4.96. The lowest BCUT2D eigenvalue weighted by atomic mass is 10.1. The quantitative estimate of drug-likeness (QED) is 0.722. The van der Waals surface area contributed by atoms with E-state index in [4.69, 9.17) is 0 Å². The van der Waals surface area contributed by atoms with Gasteiger partial charge in [-0.1, -0.05) is 23.9 Å². The summed E-state index contributed by atoms with van der Waals surface area (Å²) in [6.07, 6.45) is 6.97. The van der Waals surface area contributed by atoms with Crippen LogP contribution in [0, 0.1) is 13.8 Å². The Labute approximate surface area is 145 Å². The Morgan fingerprint density at radius 3 is 2.88 bits per heavy atom. The van der Waals surface area contributed by atoms with Crippen LogP contribution in [0.3, 0.4) is 0 Å². The normalized spacial score (nSPS) is 10.6. The number of hydrogen-bond acceptors (Lipinski definition) is 4. The average molecular weight is 338 g/mol. The molecular weight excluding hydrogens is 320 g/mol. The van der Waals surface area contributed by atoms with Crippen molar-refractivity contribution in [3.05, 3.63) is 66.2 Å². The van der Waals surface area contributed by atoms with Gasteiger partial charge in [0.05, 0.1) is 23.3 Å². The van der Waals surface area contributed by atoms with Crippen LogP contribution >= 0.6 is 11.8 Å². The van der Waals surface area contributed by atoms with E-state index in [0.29, 0.717) is 5.69 Å². The Bertz CT molecular complexity index is 845. The molecular formula is C18H18N4OS. The van der Waals surface area contributed by atoms with Gasteiger partial charge >= 0.3 is 0 Å². The highest BCUT2D eigenvalue weighted by molar-refractivity contribution is 7.99. The maximum absolute atomic E-state index is 12.1. The third-order valence-electron chi connectivity index (χ3n) is 3.72. The van der Waals surface area contributed by atoms with Gasteiger partial charge in [-0.2, -0.15) is 0 Å². The monoisotopic (exact) mass is 338 g/mol. The lowest BCUT2D eigenvalue weighted by Gasteiger charge is -2.12. The molecule has 3 aromatic rings. The SMILES string of the molecule is Cc1cccc(-n2ccnc2SCC(=O)Nc2cccnc2)c1C. The molecule has 0 radical (unpaired) electrons. The molecule has 2 heterocycles. The summed E-state index contributed by atoms with van der Waals surface area (Å²) in [5.74, 6) is 0.208. The number of carbonyl (C=O) groups excluding carboxylic acids is 1. The standard InChI is InChI=1S/C18H18N4OS/c1-13-5-3-7-16(14(13)2)22-10-9-20-18(22)24-12-17(23)21-15-6-4-8-19-11-15/h3-11H,12H2,1-2H3,(H,21,23). The van der Waals surface area contributed by atoms with Gasteiger partial charge in [0.25, 0.3) is 0 Å². The Morgan fingerprint density at radius 2 is 2.08 bits per heavy atom. The van der Waals surface area contributed by atoms with Crippen molar-refractivity contribution < 1.29 is 4.79 Å². The van der Waals surface area contributed by atoms with Crippen LogP contribution in [-0.2, 0) is 4.79 Å². The van der Waals surface area contributed by atoms with Crippen LogP contribution in [0.4, 0.5) is 5.69 Å². The van der Waals surface area contributed by atoms with Gasteiger partial charge in [-0.05, 0) is 43.2 Å². The number of benzene rings is 1. The van der Waals surface area contributed by atoms with Crippen molar-refractivity contribution in [3.63, 3.8) is 0 Å². The lowest BCUT2D eigenvalue weighted by molar-refractivity contribution is -0.113. The summed E-state index contributed by atoms with van der Waals surface area (Å²) in [5, 5.41) is 3.62. The van der Waals surface area contributed by atoms with Gasteiger partial charge in [0.15, 0.2) is 5.16 Å². The van der Waals surface area contributed by atoms with E-state index in [1.54, 1.807) is 24.7 Å². The molecule has 0 aliphatic rings. The Balaban J connectivity index is 1.70. The minimum Gasteiger partial charge on any atom is -0.324 e.